The van der Waals surface area contributed by atoms with Crippen LogP contribution in [0.5, 0.6) is 0 Å². The molecule has 0 aromatic carbocycles. The lowest BCUT2D eigenvalue weighted by Crippen LogP contribution is -2.22. The molecule has 0 saturated carbocycles. The van der Waals surface area contributed by atoms with Crippen LogP contribution in [0.4, 0.5) is 5.95 Å². The van der Waals surface area contributed by atoms with Crippen molar-refractivity contribution in [3.8, 4) is 0 Å². The Morgan fingerprint density at radius 2 is 2.38 bits per heavy atom. The number of imidazole rings is 1. The summed E-state index contributed by atoms with van der Waals surface area (Å²) in [6, 6.07) is 0. The third kappa shape index (κ3) is 1.24. The zero-order chi connectivity index (χ0) is 11.3. The van der Waals surface area contributed by atoms with Crippen LogP contribution < -0.4 is 0 Å². The molecule has 0 aliphatic carbocycles. The SMILES string of the molecule is O=[N+]([O-])c1nccn1[C@@H]1OC(CO)[C@H]2O[C@@H]21. The Balaban J connectivity index is 1.88. The quantitative estimate of drug-likeness (QED) is 0.422. The van der Waals surface area contributed by atoms with Crippen LogP contribution in [0.2, 0.25) is 0 Å². The van der Waals surface area contributed by atoms with Crippen molar-refractivity contribution < 1.29 is 19.5 Å². The number of aromatic nitrogens is 2. The van der Waals surface area contributed by atoms with Crippen LogP contribution in [0.25, 0.3) is 0 Å². The predicted octanol–water partition coefficient (Wildman–Crippen LogP) is -0.552. The molecule has 1 N–H and O–H groups in total. The number of epoxide rings is 1. The van der Waals surface area contributed by atoms with Gasteiger partial charge in [-0.25, -0.2) is 0 Å². The minimum absolute atomic E-state index is 0.153. The lowest BCUT2D eigenvalue weighted by Gasteiger charge is -2.14. The number of fused-ring (bicyclic) bond motifs is 1. The fourth-order valence-corrected chi connectivity index (χ4v) is 2.01. The minimum Gasteiger partial charge on any atom is -0.394 e. The monoisotopic (exact) mass is 227 g/mol. The fourth-order valence-electron chi connectivity index (χ4n) is 2.01. The zero-order valence-corrected chi connectivity index (χ0v) is 8.09. The maximum Gasteiger partial charge on any atom is 0.436 e. The Hall–Kier alpha value is -1.51. The zero-order valence-electron chi connectivity index (χ0n) is 8.09. The Bertz CT molecular complexity index is 433. The smallest absolute Gasteiger partial charge is 0.394 e. The van der Waals surface area contributed by atoms with Crippen molar-refractivity contribution in [2.24, 2.45) is 0 Å². The highest BCUT2D eigenvalue weighted by molar-refractivity contribution is 5.12. The van der Waals surface area contributed by atoms with Gasteiger partial charge in [-0.15, -0.1) is 0 Å². The summed E-state index contributed by atoms with van der Waals surface area (Å²) in [5.41, 5.74) is 0. The lowest BCUT2D eigenvalue weighted by atomic mass is 10.2. The first kappa shape index (κ1) is 9.70. The van der Waals surface area contributed by atoms with E-state index >= 15 is 0 Å². The van der Waals surface area contributed by atoms with Gasteiger partial charge >= 0.3 is 5.95 Å². The topological polar surface area (TPSA) is 103 Å². The molecule has 1 aromatic heterocycles. The molecule has 0 radical (unpaired) electrons. The second kappa shape index (κ2) is 3.24. The number of hydrogen-bond acceptors (Lipinski definition) is 6. The highest BCUT2D eigenvalue weighted by atomic mass is 16.7. The van der Waals surface area contributed by atoms with Crippen LogP contribution in [-0.2, 0) is 9.47 Å². The van der Waals surface area contributed by atoms with E-state index in [0.717, 1.165) is 0 Å². The Labute approximate surface area is 89.6 Å². The van der Waals surface area contributed by atoms with Crippen molar-refractivity contribution in [1.82, 2.24) is 9.55 Å². The molecule has 8 nitrogen and oxygen atoms in total. The van der Waals surface area contributed by atoms with Crippen LogP contribution in [-0.4, -0.2) is 44.5 Å². The second-order valence-electron chi connectivity index (χ2n) is 3.70. The molecule has 2 saturated heterocycles. The van der Waals surface area contributed by atoms with E-state index in [0.29, 0.717) is 0 Å². The summed E-state index contributed by atoms with van der Waals surface area (Å²) in [7, 11) is 0. The summed E-state index contributed by atoms with van der Waals surface area (Å²) >= 11 is 0. The Morgan fingerprint density at radius 3 is 3.00 bits per heavy atom. The molecule has 2 aliphatic heterocycles. The van der Waals surface area contributed by atoms with E-state index in [2.05, 4.69) is 4.98 Å². The highest BCUT2D eigenvalue weighted by Gasteiger charge is 2.60. The predicted molar refractivity (Wildman–Crippen MR) is 48.5 cm³/mol. The van der Waals surface area contributed by atoms with Gasteiger partial charge in [0, 0.05) is 0 Å². The number of nitro groups is 1. The van der Waals surface area contributed by atoms with E-state index < -0.39 is 17.3 Å². The van der Waals surface area contributed by atoms with Crippen LogP contribution in [0.15, 0.2) is 12.4 Å². The first-order chi connectivity index (χ1) is 7.72. The average molecular weight is 227 g/mol. The van der Waals surface area contributed by atoms with E-state index in [1.165, 1.54) is 17.0 Å². The molecule has 86 valence electrons. The minimum atomic E-state index is -0.576. The van der Waals surface area contributed by atoms with Crippen LogP contribution >= 0.6 is 0 Å². The molecule has 8 heteroatoms. The maximum absolute atomic E-state index is 10.7. The number of aliphatic hydroxyl groups is 1. The first-order valence-electron chi connectivity index (χ1n) is 4.81. The molecule has 16 heavy (non-hydrogen) atoms. The number of hydrogen-bond donors (Lipinski definition) is 1. The van der Waals surface area contributed by atoms with Crippen molar-refractivity contribution in [3.05, 3.63) is 22.5 Å². The molecule has 0 amide bonds. The molecule has 3 heterocycles. The van der Waals surface area contributed by atoms with Crippen LogP contribution in [0, 0.1) is 10.1 Å². The molecule has 0 spiro atoms. The van der Waals surface area contributed by atoms with Crippen molar-refractivity contribution in [2.75, 3.05) is 6.61 Å². The Morgan fingerprint density at radius 1 is 1.56 bits per heavy atom. The molecule has 3 rings (SSSR count). The molecular weight excluding hydrogens is 218 g/mol. The third-order valence-corrected chi connectivity index (χ3v) is 2.79. The highest BCUT2D eigenvalue weighted by Crippen LogP contribution is 2.45. The van der Waals surface area contributed by atoms with Gasteiger partial charge in [-0.3, -0.25) is 0 Å². The largest absolute Gasteiger partial charge is 0.436 e. The van der Waals surface area contributed by atoms with Gasteiger partial charge in [-0.2, -0.15) is 4.57 Å². The molecule has 2 fully saturated rings. The second-order valence-corrected chi connectivity index (χ2v) is 3.70. The number of rotatable bonds is 3. The number of nitrogens with zero attached hydrogens (tertiary/aromatic N) is 3. The van der Waals surface area contributed by atoms with Gasteiger partial charge in [0.15, 0.2) is 0 Å². The molecule has 2 aliphatic rings. The molecule has 1 unspecified atom stereocenters. The third-order valence-electron chi connectivity index (χ3n) is 2.79. The Kier molecular flexibility index (Phi) is 1.96. The first-order valence-corrected chi connectivity index (χ1v) is 4.81. The lowest BCUT2D eigenvalue weighted by molar-refractivity contribution is -0.398. The van der Waals surface area contributed by atoms with Gasteiger partial charge in [0.2, 0.25) is 6.23 Å². The summed E-state index contributed by atoms with van der Waals surface area (Å²) in [6.07, 6.45) is 1.47. The van der Waals surface area contributed by atoms with E-state index in [1.807, 2.05) is 0 Å². The molecule has 1 aromatic rings. The van der Waals surface area contributed by atoms with E-state index in [1.54, 1.807) is 0 Å². The number of aliphatic hydroxyl groups excluding tert-OH is 1. The maximum atomic E-state index is 10.7. The van der Waals surface area contributed by atoms with Crippen molar-refractivity contribution in [2.45, 2.75) is 24.5 Å². The summed E-state index contributed by atoms with van der Waals surface area (Å²) in [6.45, 7) is -0.153. The van der Waals surface area contributed by atoms with E-state index in [4.69, 9.17) is 14.6 Å². The molecule has 4 atom stereocenters. The molecular formula is C8H9N3O5. The average Bonchev–Trinajstić information content (AvgIpc) is 2.77. The number of ether oxygens (including phenoxy) is 2. The van der Waals surface area contributed by atoms with Gasteiger partial charge in [0.25, 0.3) is 0 Å². The van der Waals surface area contributed by atoms with Gasteiger partial charge < -0.3 is 24.7 Å². The van der Waals surface area contributed by atoms with E-state index in [9.17, 15) is 10.1 Å². The normalized spacial score (nSPS) is 36.1. The van der Waals surface area contributed by atoms with Crippen molar-refractivity contribution in [1.29, 1.82) is 0 Å². The van der Waals surface area contributed by atoms with Gasteiger partial charge in [0.05, 0.1) is 6.61 Å². The summed E-state index contributed by atoms with van der Waals surface area (Å²) in [4.78, 5) is 13.7. The van der Waals surface area contributed by atoms with Gasteiger partial charge in [-0.05, 0) is 4.92 Å². The summed E-state index contributed by atoms with van der Waals surface area (Å²) in [5.74, 6) is -0.280. The fraction of sp³-hybridized carbons (Fsp3) is 0.625. The molecule has 0 bridgehead atoms. The summed E-state index contributed by atoms with van der Waals surface area (Å²) < 4.78 is 12.0. The summed E-state index contributed by atoms with van der Waals surface area (Å²) in [5, 5.41) is 19.7. The van der Waals surface area contributed by atoms with E-state index in [-0.39, 0.29) is 24.8 Å². The van der Waals surface area contributed by atoms with Crippen molar-refractivity contribution in [3.63, 3.8) is 0 Å². The van der Waals surface area contributed by atoms with Crippen LogP contribution in [0.1, 0.15) is 6.23 Å². The van der Waals surface area contributed by atoms with Crippen LogP contribution in [0.3, 0.4) is 0 Å². The van der Waals surface area contributed by atoms with Gasteiger partial charge in [-0.1, -0.05) is 4.98 Å². The van der Waals surface area contributed by atoms with Gasteiger partial charge in [0.1, 0.15) is 30.7 Å². The standard InChI is InChI=1S/C8H9N3O5/c12-3-4-5-6(16-5)7(15-4)10-2-1-9-8(10)11(13)14/h1-2,4-7,12H,3H2/t4?,5-,6+,7-/m1/s1. The van der Waals surface area contributed by atoms with Crippen molar-refractivity contribution >= 4 is 5.95 Å².